The number of hydrogen-bond acceptors (Lipinski definition) is 4. The first kappa shape index (κ1) is 14.8. The van der Waals surface area contributed by atoms with E-state index in [2.05, 4.69) is 15.1 Å². The molecule has 118 valence electrons. The van der Waals surface area contributed by atoms with E-state index in [1.165, 1.54) is 0 Å². The van der Waals surface area contributed by atoms with Crippen molar-refractivity contribution >= 4 is 17.2 Å². The fraction of sp³-hybridized carbons (Fsp3) is 0.0556. The Morgan fingerprint density at radius 2 is 1.88 bits per heavy atom. The van der Waals surface area contributed by atoms with Gasteiger partial charge in [0.15, 0.2) is 5.65 Å². The molecular weight excluding hydrogens is 322 g/mol. The molecule has 0 saturated carbocycles. The summed E-state index contributed by atoms with van der Waals surface area (Å²) in [6.07, 6.45) is 5.24. The van der Waals surface area contributed by atoms with Crippen LogP contribution in [0.1, 0.15) is 17.3 Å². The van der Waals surface area contributed by atoms with E-state index in [4.69, 9.17) is 17.3 Å². The van der Waals surface area contributed by atoms with Crippen molar-refractivity contribution in [2.24, 2.45) is 5.73 Å². The summed E-state index contributed by atoms with van der Waals surface area (Å²) in [6.45, 7) is 0. The fourth-order valence-electron chi connectivity index (χ4n) is 2.64. The lowest BCUT2D eigenvalue weighted by molar-refractivity contribution is 0.770. The maximum atomic E-state index is 6.34. The molecule has 24 heavy (non-hydrogen) atoms. The molecule has 0 bridgehead atoms. The summed E-state index contributed by atoms with van der Waals surface area (Å²) in [5.74, 6) is 0. The van der Waals surface area contributed by atoms with E-state index in [9.17, 15) is 0 Å². The highest BCUT2D eigenvalue weighted by Crippen LogP contribution is 2.24. The SMILES string of the molecule is NC(c1ccncc1)c1ccc2ncc(-c3cccc(Cl)c3)n2n1. The van der Waals surface area contributed by atoms with Crippen molar-refractivity contribution in [3.63, 3.8) is 0 Å². The third-order valence-electron chi connectivity index (χ3n) is 3.89. The summed E-state index contributed by atoms with van der Waals surface area (Å²) in [7, 11) is 0. The van der Waals surface area contributed by atoms with Gasteiger partial charge >= 0.3 is 0 Å². The predicted octanol–water partition coefficient (Wildman–Crippen LogP) is 3.49. The molecule has 3 heterocycles. The van der Waals surface area contributed by atoms with Crippen molar-refractivity contribution in [2.45, 2.75) is 6.04 Å². The Balaban J connectivity index is 1.82. The second kappa shape index (κ2) is 6.03. The van der Waals surface area contributed by atoms with Crippen molar-refractivity contribution < 1.29 is 0 Å². The summed E-state index contributed by atoms with van der Waals surface area (Å²) in [5.41, 5.74) is 10.6. The second-order valence-corrected chi connectivity index (χ2v) is 5.88. The summed E-state index contributed by atoms with van der Waals surface area (Å²) in [6, 6.07) is 14.9. The van der Waals surface area contributed by atoms with Gasteiger partial charge in [-0.3, -0.25) is 4.98 Å². The molecule has 4 aromatic rings. The Hall–Kier alpha value is -2.76. The van der Waals surface area contributed by atoms with Crippen molar-refractivity contribution in [2.75, 3.05) is 0 Å². The van der Waals surface area contributed by atoms with E-state index in [-0.39, 0.29) is 6.04 Å². The molecule has 5 nitrogen and oxygen atoms in total. The normalized spacial score (nSPS) is 12.4. The minimum Gasteiger partial charge on any atom is -0.319 e. The molecule has 1 aromatic carbocycles. The zero-order valence-corrected chi connectivity index (χ0v) is 13.4. The van der Waals surface area contributed by atoms with Crippen LogP contribution in [0.25, 0.3) is 16.9 Å². The lowest BCUT2D eigenvalue weighted by Crippen LogP contribution is -2.15. The lowest BCUT2D eigenvalue weighted by atomic mass is 10.1. The molecule has 0 aliphatic carbocycles. The van der Waals surface area contributed by atoms with E-state index in [1.807, 2.05) is 48.5 Å². The van der Waals surface area contributed by atoms with Crippen LogP contribution in [0, 0.1) is 0 Å². The highest BCUT2D eigenvalue weighted by molar-refractivity contribution is 6.30. The highest BCUT2D eigenvalue weighted by atomic mass is 35.5. The number of imidazole rings is 1. The molecule has 1 unspecified atom stereocenters. The largest absolute Gasteiger partial charge is 0.319 e. The van der Waals surface area contributed by atoms with Gasteiger partial charge in [0, 0.05) is 23.0 Å². The van der Waals surface area contributed by atoms with E-state index in [1.54, 1.807) is 23.1 Å². The van der Waals surface area contributed by atoms with Crippen molar-refractivity contribution in [1.82, 2.24) is 19.6 Å². The summed E-state index contributed by atoms with van der Waals surface area (Å²) in [5, 5.41) is 5.36. The van der Waals surface area contributed by atoms with Crippen LogP contribution in [-0.4, -0.2) is 19.6 Å². The smallest absolute Gasteiger partial charge is 0.154 e. The quantitative estimate of drug-likeness (QED) is 0.622. The van der Waals surface area contributed by atoms with E-state index >= 15 is 0 Å². The number of halogens is 1. The Kier molecular flexibility index (Phi) is 3.72. The second-order valence-electron chi connectivity index (χ2n) is 5.44. The monoisotopic (exact) mass is 335 g/mol. The van der Waals surface area contributed by atoms with Gasteiger partial charge in [-0.05, 0) is 42.0 Å². The van der Waals surface area contributed by atoms with Crippen LogP contribution in [0.15, 0.2) is 67.1 Å². The number of aromatic nitrogens is 4. The minimum absolute atomic E-state index is 0.327. The van der Waals surface area contributed by atoms with Crippen LogP contribution in [-0.2, 0) is 0 Å². The number of pyridine rings is 1. The molecule has 3 aromatic heterocycles. The summed E-state index contributed by atoms with van der Waals surface area (Å²) in [4.78, 5) is 8.43. The average molecular weight is 336 g/mol. The maximum absolute atomic E-state index is 6.34. The topological polar surface area (TPSA) is 69.1 Å². The summed E-state index contributed by atoms with van der Waals surface area (Å²) < 4.78 is 1.79. The molecule has 1 atom stereocenters. The van der Waals surface area contributed by atoms with Gasteiger partial charge in [-0.25, -0.2) is 9.50 Å². The molecule has 0 aliphatic heterocycles. The standard InChI is InChI=1S/C18H14ClN5/c19-14-3-1-2-13(10-14)16-11-22-17-5-4-15(23-24(16)17)18(20)12-6-8-21-9-7-12/h1-11,18H,20H2. The third-order valence-corrected chi connectivity index (χ3v) is 4.12. The number of hydrogen-bond donors (Lipinski definition) is 1. The van der Waals surface area contributed by atoms with Crippen LogP contribution >= 0.6 is 11.6 Å². The zero-order chi connectivity index (χ0) is 16.5. The molecule has 2 N–H and O–H groups in total. The molecule has 0 aliphatic rings. The van der Waals surface area contributed by atoms with Gasteiger partial charge in [0.2, 0.25) is 0 Å². The summed E-state index contributed by atoms with van der Waals surface area (Å²) >= 11 is 6.10. The van der Waals surface area contributed by atoms with Crippen LogP contribution in [0.3, 0.4) is 0 Å². The van der Waals surface area contributed by atoms with Gasteiger partial charge in [0.1, 0.15) is 0 Å². The first-order chi connectivity index (χ1) is 11.7. The van der Waals surface area contributed by atoms with Gasteiger partial charge in [-0.2, -0.15) is 5.10 Å². The molecule has 0 saturated heterocycles. The fourth-order valence-corrected chi connectivity index (χ4v) is 2.83. The van der Waals surface area contributed by atoms with E-state index in [0.29, 0.717) is 5.02 Å². The predicted molar refractivity (Wildman–Crippen MR) is 93.7 cm³/mol. The van der Waals surface area contributed by atoms with Gasteiger partial charge < -0.3 is 5.73 Å². The van der Waals surface area contributed by atoms with Crippen molar-refractivity contribution in [3.05, 3.63) is 83.4 Å². The number of nitrogens with two attached hydrogens (primary N) is 1. The molecular formula is C18H14ClN5. The Bertz CT molecular complexity index is 997. The maximum Gasteiger partial charge on any atom is 0.154 e. The lowest BCUT2D eigenvalue weighted by Gasteiger charge is -2.12. The first-order valence-electron chi connectivity index (χ1n) is 7.48. The number of fused-ring (bicyclic) bond motifs is 1. The Morgan fingerprint density at radius 3 is 2.67 bits per heavy atom. The van der Waals surface area contributed by atoms with Gasteiger partial charge in [0.05, 0.1) is 23.6 Å². The molecule has 0 amide bonds. The van der Waals surface area contributed by atoms with Crippen LogP contribution in [0.4, 0.5) is 0 Å². The molecule has 0 fully saturated rings. The molecule has 6 heteroatoms. The van der Waals surface area contributed by atoms with E-state index < -0.39 is 0 Å². The van der Waals surface area contributed by atoms with Crippen LogP contribution < -0.4 is 5.73 Å². The zero-order valence-electron chi connectivity index (χ0n) is 12.7. The first-order valence-corrected chi connectivity index (χ1v) is 7.86. The Morgan fingerprint density at radius 1 is 1.04 bits per heavy atom. The number of nitrogens with zero attached hydrogens (tertiary/aromatic N) is 4. The van der Waals surface area contributed by atoms with Gasteiger partial charge in [-0.1, -0.05) is 23.7 Å². The van der Waals surface area contributed by atoms with Gasteiger partial charge in [0.25, 0.3) is 0 Å². The van der Waals surface area contributed by atoms with Gasteiger partial charge in [-0.15, -0.1) is 0 Å². The molecule has 0 radical (unpaired) electrons. The van der Waals surface area contributed by atoms with Crippen molar-refractivity contribution in [1.29, 1.82) is 0 Å². The average Bonchev–Trinajstić information content (AvgIpc) is 3.05. The van der Waals surface area contributed by atoms with E-state index in [0.717, 1.165) is 28.2 Å². The minimum atomic E-state index is -0.327. The molecule has 0 spiro atoms. The third kappa shape index (κ3) is 2.64. The number of rotatable bonds is 3. The van der Waals surface area contributed by atoms with Crippen LogP contribution in [0.2, 0.25) is 5.02 Å². The molecule has 4 rings (SSSR count). The van der Waals surface area contributed by atoms with Crippen molar-refractivity contribution in [3.8, 4) is 11.3 Å². The Labute approximate surface area is 143 Å². The highest BCUT2D eigenvalue weighted by Gasteiger charge is 2.13. The van der Waals surface area contributed by atoms with Crippen LogP contribution in [0.5, 0.6) is 0 Å². The number of benzene rings is 1.